The summed E-state index contributed by atoms with van der Waals surface area (Å²) in [6.07, 6.45) is 1.55. The molecule has 0 aliphatic carbocycles. The molecule has 0 saturated heterocycles. The zero-order valence-electron chi connectivity index (χ0n) is 10.2. The van der Waals surface area contributed by atoms with Crippen molar-refractivity contribution in [2.24, 2.45) is 11.7 Å². The second-order valence-electron chi connectivity index (χ2n) is 3.89. The molecule has 1 unspecified atom stereocenters. The largest absolute Gasteiger partial charge is 0.465 e. The number of pyridine rings is 1. The molecule has 1 heterocycles. The van der Waals surface area contributed by atoms with Crippen molar-refractivity contribution in [2.45, 2.75) is 12.7 Å². The second-order valence-corrected chi connectivity index (χ2v) is 4.92. The average molecular weight is 254 g/mol. The molecule has 0 radical (unpaired) electrons. The van der Waals surface area contributed by atoms with Crippen molar-refractivity contribution in [3.63, 3.8) is 0 Å². The highest BCUT2D eigenvalue weighted by atomic mass is 32.2. The fourth-order valence-electron chi connectivity index (χ4n) is 1.18. The van der Waals surface area contributed by atoms with Crippen molar-refractivity contribution in [1.82, 2.24) is 4.98 Å². The van der Waals surface area contributed by atoms with E-state index in [1.165, 1.54) is 7.11 Å². The number of thioether (sulfide) groups is 1. The van der Waals surface area contributed by atoms with Crippen molar-refractivity contribution >= 4 is 17.7 Å². The summed E-state index contributed by atoms with van der Waals surface area (Å²) in [7, 11) is 1.36. The van der Waals surface area contributed by atoms with Crippen LogP contribution in [-0.4, -0.2) is 30.4 Å². The topological polar surface area (TPSA) is 65.2 Å². The molecule has 1 aromatic heterocycles. The van der Waals surface area contributed by atoms with E-state index in [0.717, 1.165) is 17.2 Å². The third-order valence-electron chi connectivity index (χ3n) is 2.30. The summed E-state index contributed by atoms with van der Waals surface area (Å²) in [6.45, 7) is 2.84. The molecule has 17 heavy (non-hydrogen) atoms. The number of aromatic nitrogens is 1. The number of nitrogens with two attached hydrogens (primary N) is 1. The van der Waals surface area contributed by atoms with E-state index >= 15 is 0 Å². The van der Waals surface area contributed by atoms with Crippen LogP contribution in [0.15, 0.2) is 18.3 Å². The van der Waals surface area contributed by atoms with Gasteiger partial charge >= 0.3 is 5.97 Å². The minimum Gasteiger partial charge on any atom is -0.465 e. The molecule has 0 aromatic carbocycles. The summed E-state index contributed by atoms with van der Waals surface area (Å²) < 4.78 is 4.61. The quantitative estimate of drug-likeness (QED) is 0.783. The molecule has 0 fully saturated rings. The van der Waals surface area contributed by atoms with Gasteiger partial charge in [-0.1, -0.05) is 6.92 Å². The van der Waals surface area contributed by atoms with Crippen LogP contribution in [0.1, 0.15) is 23.0 Å². The van der Waals surface area contributed by atoms with Crippen LogP contribution in [-0.2, 0) is 10.5 Å². The van der Waals surface area contributed by atoms with Crippen LogP contribution in [0.4, 0.5) is 0 Å². The van der Waals surface area contributed by atoms with Crippen molar-refractivity contribution in [3.8, 4) is 0 Å². The van der Waals surface area contributed by atoms with Gasteiger partial charge in [-0.05, 0) is 30.3 Å². The number of carbonyl (C=O) groups is 1. The summed E-state index contributed by atoms with van der Waals surface area (Å²) >= 11 is 1.80. The van der Waals surface area contributed by atoms with Gasteiger partial charge in [0.05, 0.1) is 18.4 Å². The Hall–Kier alpha value is -1.07. The maximum absolute atomic E-state index is 11.2. The minimum absolute atomic E-state index is 0.353. The summed E-state index contributed by atoms with van der Waals surface area (Å²) in [5.41, 5.74) is 6.99. The third-order valence-corrected chi connectivity index (χ3v) is 3.61. The van der Waals surface area contributed by atoms with Crippen LogP contribution >= 0.6 is 11.8 Å². The number of hydrogen-bond acceptors (Lipinski definition) is 5. The van der Waals surface area contributed by atoms with Gasteiger partial charge in [0.15, 0.2) is 0 Å². The Kier molecular flexibility index (Phi) is 6.00. The van der Waals surface area contributed by atoms with Gasteiger partial charge in [-0.15, -0.1) is 0 Å². The van der Waals surface area contributed by atoms with Crippen molar-refractivity contribution in [2.75, 3.05) is 19.4 Å². The van der Waals surface area contributed by atoms with E-state index in [-0.39, 0.29) is 5.97 Å². The highest BCUT2D eigenvalue weighted by molar-refractivity contribution is 7.98. The van der Waals surface area contributed by atoms with Crippen molar-refractivity contribution in [3.05, 3.63) is 29.6 Å². The molecule has 94 valence electrons. The van der Waals surface area contributed by atoms with Crippen LogP contribution in [0.3, 0.4) is 0 Å². The first-order valence-corrected chi connectivity index (χ1v) is 6.64. The van der Waals surface area contributed by atoms with E-state index in [9.17, 15) is 4.79 Å². The molecule has 1 aromatic rings. The molecule has 0 spiro atoms. The molecule has 5 heteroatoms. The van der Waals surface area contributed by atoms with E-state index in [4.69, 9.17) is 5.73 Å². The monoisotopic (exact) mass is 254 g/mol. The van der Waals surface area contributed by atoms with Crippen LogP contribution in [0.5, 0.6) is 0 Å². The number of rotatable bonds is 6. The highest BCUT2D eigenvalue weighted by Gasteiger charge is 2.05. The first kappa shape index (κ1) is 14.0. The molecule has 0 aliphatic rings. The first-order chi connectivity index (χ1) is 8.17. The Labute approximate surface area is 106 Å². The van der Waals surface area contributed by atoms with Gasteiger partial charge < -0.3 is 10.5 Å². The van der Waals surface area contributed by atoms with Gasteiger partial charge in [0, 0.05) is 11.9 Å². The molecule has 0 aliphatic heterocycles. The minimum atomic E-state index is -0.353. The lowest BCUT2D eigenvalue weighted by Crippen LogP contribution is -2.12. The van der Waals surface area contributed by atoms with Gasteiger partial charge in [0.1, 0.15) is 0 Å². The normalized spacial score (nSPS) is 12.2. The van der Waals surface area contributed by atoms with Crippen LogP contribution < -0.4 is 5.73 Å². The average Bonchev–Trinajstić information content (AvgIpc) is 2.38. The molecule has 0 saturated carbocycles. The number of nitrogens with zero attached hydrogens (tertiary/aromatic N) is 1. The lowest BCUT2D eigenvalue weighted by atomic mass is 10.2. The second kappa shape index (κ2) is 7.29. The fraction of sp³-hybridized carbons (Fsp3) is 0.500. The lowest BCUT2D eigenvalue weighted by molar-refractivity contribution is 0.0600. The van der Waals surface area contributed by atoms with Crippen LogP contribution in [0.25, 0.3) is 0 Å². The fourth-order valence-corrected chi connectivity index (χ4v) is 2.22. The number of esters is 1. The Balaban J connectivity index is 2.43. The zero-order chi connectivity index (χ0) is 12.7. The SMILES string of the molecule is COC(=O)c1ccc(CSCC(C)CN)nc1. The Morgan fingerprint density at radius 3 is 2.88 bits per heavy atom. The number of hydrogen-bond donors (Lipinski definition) is 1. The van der Waals surface area contributed by atoms with Crippen LogP contribution in [0, 0.1) is 5.92 Å². The zero-order valence-corrected chi connectivity index (χ0v) is 11.0. The van der Waals surface area contributed by atoms with E-state index in [1.54, 1.807) is 24.0 Å². The van der Waals surface area contributed by atoms with Gasteiger partial charge in [-0.3, -0.25) is 4.98 Å². The predicted molar refractivity (Wildman–Crippen MR) is 70.0 cm³/mol. The molecule has 4 nitrogen and oxygen atoms in total. The summed E-state index contributed by atoms with van der Waals surface area (Å²) in [6, 6.07) is 3.59. The predicted octanol–water partition coefficient (Wildman–Crippen LogP) is 1.70. The third kappa shape index (κ3) is 4.75. The Morgan fingerprint density at radius 1 is 1.59 bits per heavy atom. The maximum Gasteiger partial charge on any atom is 0.339 e. The molecule has 0 amide bonds. The molecule has 0 bridgehead atoms. The summed E-state index contributed by atoms with van der Waals surface area (Å²) in [5, 5.41) is 0. The highest BCUT2D eigenvalue weighted by Crippen LogP contribution is 2.14. The van der Waals surface area contributed by atoms with Gasteiger partial charge in [0.2, 0.25) is 0 Å². The summed E-state index contributed by atoms with van der Waals surface area (Å²) in [5.74, 6) is 2.03. The molecule has 2 N–H and O–H groups in total. The summed E-state index contributed by atoms with van der Waals surface area (Å²) in [4.78, 5) is 15.4. The van der Waals surface area contributed by atoms with E-state index in [2.05, 4.69) is 16.6 Å². The first-order valence-electron chi connectivity index (χ1n) is 5.48. The van der Waals surface area contributed by atoms with E-state index < -0.39 is 0 Å². The lowest BCUT2D eigenvalue weighted by Gasteiger charge is -2.07. The molecule has 1 atom stereocenters. The number of methoxy groups -OCH3 is 1. The Bertz CT molecular complexity index is 354. The molecular weight excluding hydrogens is 236 g/mol. The van der Waals surface area contributed by atoms with Gasteiger partial charge in [-0.25, -0.2) is 4.79 Å². The maximum atomic E-state index is 11.2. The van der Waals surface area contributed by atoms with Crippen molar-refractivity contribution < 1.29 is 9.53 Å². The number of ether oxygens (including phenoxy) is 1. The van der Waals surface area contributed by atoms with E-state index in [1.807, 2.05) is 6.07 Å². The van der Waals surface area contributed by atoms with Crippen molar-refractivity contribution in [1.29, 1.82) is 0 Å². The van der Waals surface area contributed by atoms with Gasteiger partial charge in [-0.2, -0.15) is 11.8 Å². The van der Waals surface area contributed by atoms with Crippen LogP contribution in [0.2, 0.25) is 0 Å². The smallest absolute Gasteiger partial charge is 0.339 e. The standard InChI is InChI=1S/C12H18N2O2S/c1-9(5-13)7-17-8-11-4-3-10(6-14-11)12(15)16-2/h3-4,6,9H,5,7-8,13H2,1-2H3. The number of carbonyl (C=O) groups excluding carboxylic acids is 1. The van der Waals surface area contributed by atoms with Gasteiger partial charge in [0.25, 0.3) is 0 Å². The molecule has 1 rings (SSSR count). The molecular formula is C12H18N2O2S. The van der Waals surface area contributed by atoms with E-state index in [0.29, 0.717) is 18.0 Å². The Morgan fingerprint density at radius 2 is 2.35 bits per heavy atom.